The van der Waals surface area contributed by atoms with Gasteiger partial charge in [-0.2, -0.15) is 11.3 Å². The third-order valence-electron chi connectivity index (χ3n) is 2.57. The zero-order valence-corrected chi connectivity index (χ0v) is 12.7. The number of thiophene rings is 1. The molecule has 0 bridgehead atoms. The topological polar surface area (TPSA) is 51.2 Å². The van der Waals surface area contributed by atoms with Gasteiger partial charge < -0.3 is 10.1 Å². The Balaban J connectivity index is 2.14. The predicted molar refractivity (Wildman–Crippen MR) is 79.0 cm³/mol. The molecule has 2 aromatic rings. The highest BCUT2D eigenvalue weighted by Gasteiger charge is 2.17. The molecule has 0 saturated carbocycles. The lowest BCUT2D eigenvalue weighted by Crippen LogP contribution is -2.35. The fraction of sp³-hybridized carbons (Fsp3) is 0.385. The summed E-state index contributed by atoms with van der Waals surface area (Å²) in [5.74, 6) is -0.0824. The standard InChI is InChI=1S/C13H16N2O2S2/c1-8(6-17-3)14-12(16)11-9(2)15-13(19-11)10-4-5-18-7-10/h4-5,7-8H,6H2,1-3H3,(H,14,16). The molecule has 19 heavy (non-hydrogen) atoms. The van der Waals surface area contributed by atoms with Crippen LogP contribution in [0.5, 0.6) is 0 Å². The van der Waals surface area contributed by atoms with Crippen molar-refractivity contribution in [3.63, 3.8) is 0 Å². The third-order valence-corrected chi connectivity index (χ3v) is 4.45. The van der Waals surface area contributed by atoms with Gasteiger partial charge in [0.2, 0.25) is 0 Å². The molecule has 4 nitrogen and oxygen atoms in total. The zero-order chi connectivity index (χ0) is 13.8. The second-order valence-electron chi connectivity index (χ2n) is 4.28. The second-order valence-corrected chi connectivity index (χ2v) is 6.05. The molecule has 1 amide bonds. The molecule has 0 saturated heterocycles. The van der Waals surface area contributed by atoms with Crippen molar-refractivity contribution in [3.05, 3.63) is 27.4 Å². The Morgan fingerprint density at radius 3 is 3.00 bits per heavy atom. The lowest BCUT2D eigenvalue weighted by molar-refractivity contribution is 0.0909. The minimum absolute atomic E-state index is 0.0106. The summed E-state index contributed by atoms with van der Waals surface area (Å²) in [7, 11) is 1.62. The molecule has 1 unspecified atom stereocenters. The molecule has 0 aliphatic rings. The number of hydrogen-bond donors (Lipinski definition) is 1. The van der Waals surface area contributed by atoms with Gasteiger partial charge in [0, 0.05) is 24.1 Å². The molecule has 1 atom stereocenters. The Bertz CT molecular complexity index is 549. The van der Waals surface area contributed by atoms with Gasteiger partial charge in [-0.05, 0) is 25.3 Å². The summed E-state index contributed by atoms with van der Waals surface area (Å²) in [6.07, 6.45) is 0. The molecule has 0 spiro atoms. The molecule has 2 heterocycles. The number of ether oxygens (including phenoxy) is 1. The normalized spacial score (nSPS) is 12.4. The van der Waals surface area contributed by atoms with E-state index in [0.29, 0.717) is 11.5 Å². The number of nitrogens with one attached hydrogen (secondary N) is 1. The number of methoxy groups -OCH3 is 1. The maximum atomic E-state index is 12.1. The Morgan fingerprint density at radius 1 is 1.58 bits per heavy atom. The first-order valence-corrected chi connectivity index (χ1v) is 7.67. The van der Waals surface area contributed by atoms with Gasteiger partial charge in [0.15, 0.2) is 0 Å². The molecule has 0 fully saturated rings. The van der Waals surface area contributed by atoms with E-state index < -0.39 is 0 Å². The smallest absolute Gasteiger partial charge is 0.263 e. The maximum absolute atomic E-state index is 12.1. The quantitative estimate of drug-likeness (QED) is 0.923. The minimum atomic E-state index is -0.0824. The minimum Gasteiger partial charge on any atom is -0.383 e. The van der Waals surface area contributed by atoms with Gasteiger partial charge in [-0.3, -0.25) is 4.79 Å². The number of carbonyl (C=O) groups is 1. The number of aromatic nitrogens is 1. The lowest BCUT2D eigenvalue weighted by Gasteiger charge is -2.11. The molecular weight excluding hydrogens is 280 g/mol. The molecule has 0 aliphatic heterocycles. The van der Waals surface area contributed by atoms with E-state index in [1.54, 1.807) is 18.4 Å². The highest BCUT2D eigenvalue weighted by Crippen LogP contribution is 2.29. The van der Waals surface area contributed by atoms with E-state index in [9.17, 15) is 4.79 Å². The Kier molecular flexibility index (Phi) is 4.68. The number of carbonyl (C=O) groups excluding carboxylic acids is 1. The molecule has 102 valence electrons. The van der Waals surface area contributed by atoms with Crippen molar-refractivity contribution in [1.82, 2.24) is 10.3 Å². The number of rotatable bonds is 5. The molecule has 0 aliphatic carbocycles. The predicted octanol–water partition coefficient (Wildman–Crippen LogP) is 2.94. The number of thiazole rings is 1. The van der Waals surface area contributed by atoms with Gasteiger partial charge in [-0.25, -0.2) is 4.98 Å². The van der Waals surface area contributed by atoms with Crippen LogP contribution in [0.1, 0.15) is 22.3 Å². The van der Waals surface area contributed by atoms with E-state index in [1.807, 2.05) is 30.7 Å². The van der Waals surface area contributed by atoms with Crippen molar-refractivity contribution >= 4 is 28.6 Å². The first kappa shape index (κ1) is 14.2. The van der Waals surface area contributed by atoms with Crippen molar-refractivity contribution in [2.45, 2.75) is 19.9 Å². The molecule has 6 heteroatoms. The number of nitrogens with zero attached hydrogens (tertiary/aromatic N) is 1. The Morgan fingerprint density at radius 2 is 2.37 bits per heavy atom. The second kappa shape index (κ2) is 6.27. The zero-order valence-electron chi connectivity index (χ0n) is 11.1. The number of amides is 1. The lowest BCUT2D eigenvalue weighted by atomic mass is 10.3. The van der Waals surface area contributed by atoms with Crippen LogP contribution in [0.3, 0.4) is 0 Å². The van der Waals surface area contributed by atoms with Crippen molar-refractivity contribution in [1.29, 1.82) is 0 Å². The third kappa shape index (κ3) is 3.40. The SMILES string of the molecule is COCC(C)NC(=O)c1sc(-c2ccsc2)nc1C. The van der Waals surface area contributed by atoms with Gasteiger partial charge in [-0.15, -0.1) is 11.3 Å². The van der Waals surface area contributed by atoms with Crippen molar-refractivity contribution in [2.75, 3.05) is 13.7 Å². The van der Waals surface area contributed by atoms with Gasteiger partial charge in [0.05, 0.1) is 12.3 Å². The summed E-state index contributed by atoms with van der Waals surface area (Å²) in [6.45, 7) is 4.28. The maximum Gasteiger partial charge on any atom is 0.263 e. The summed E-state index contributed by atoms with van der Waals surface area (Å²) in [5.41, 5.74) is 1.84. The molecular formula is C13H16N2O2S2. The fourth-order valence-electron chi connectivity index (χ4n) is 1.70. The average Bonchev–Trinajstić information content (AvgIpc) is 2.97. The summed E-state index contributed by atoms with van der Waals surface area (Å²) in [4.78, 5) is 17.3. The number of aryl methyl sites for hydroxylation is 1. The Hall–Kier alpha value is -1.24. The Labute approximate surface area is 120 Å². The van der Waals surface area contributed by atoms with Crippen LogP contribution in [0, 0.1) is 6.92 Å². The van der Waals surface area contributed by atoms with E-state index in [4.69, 9.17) is 4.74 Å². The first-order chi connectivity index (χ1) is 9.11. The van der Waals surface area contributed by atoms with Crippen LogP contribution in [0.2, 0.25) is 0 Å². The van der Waals surface area contributed by atoms with Gasteiger partial charge in [0.25, 0.3) is 5.91 Å². The molecule has 0 radical (unpaired) electrons. The van der Waals surface area contributed by atoms with Gasteiger partial charge in [0.1, 0.15) is 9.88 Å². The monoisotopic (exact) mass is 296 g/mol. The van der Waals surface area contributed by atoms with E-state index >= 15 is 0 Å². The van der Waals surface area contributed by atoms with E-state index in [0.717, 1.165) is 16.3 Å². The first-order valence-electron chi connectivity index (χ1n) is 5.91. The fourth-order valence-corrected chi connectivity index (χ4v) is 3.38. The van der Waals surface area contributed by atoms with Crippen LogP contribution < -0.4 is 5.32 Å². The summed E-state index contributed by atoms with van der Waals surface area (Å²) in [6, 6.07) is 2.00. The van der Waals surface area contributed by atoms with Crippen molar-refractivity contribution < 1.29 is 9.53 Å². The molecule has 2 rings (SSSR count). The summed E-state index contributed by atoms with van der Waals surface area (Å²) in [5, 5.41) is 7.84. The summed E-state index contributed by atoms with van der Waals surface area (Å²) >= 11 is 3.05. The van der Waals surface area contributed by atoms with Gasteiger partial charge >= 0.3 is 0 Å². The van der Waals surface area contributed by atoms with Gasteiger partial charge in [-0.1, -0.05) is 0 Å². The van der Waals surface area contributed by atoms with Crippen LogP contribution >= 0.6 is 22.7 Å². The highest BCUT2D eigenvalue weighted by molar-refractivity contribution is 7.17. The number of hydrogen-bond acceptors (Lipinski definition) is 5. The average molecular weight is 296 g/mol. The van der Waals surface area contributed by atoms with E-state index in [2.05, 4.69) is 10.3 Å². The van der Waals surface area contributed by atoms with Crippen LogP contribution in [-0.4, -0.2) is 30.6 Å². The molecule has 2 aromatic heterocycles. The van der Waals surface area contributed by atoms with Crippen LogP contribution in [0.25, 0.3) is 10.6 Å². The van der Waals surface area contributed by atoms with Crippen LogP contribution in [0.4, 0.5) is 0 Å². The highest BCUT2D eigenvalue weighted by atomic mass is 32.1. The summed E-state index contributed by atoms with van der Waals surface area (Å²) < 4.78 is 5.01. The van der Waals surface area contributed by atoms with E-state index in [-0.39, 0.29) is 11.9 Å². The van der Waals surface area contributed by atoms with Crippen molar-refractivity contribution in [3.8, 4) is 10.6 Å². The van der Waals surface area contributed by atoms with Crippen LogP contribution in [-0.2, 0) is 4.74 Å². The van der Waals surface area contributed by atoms with Crippen LogP contribution in [0.15, 0.2) is 16.8 Å². The van der Waals surface area contributed by atoms with Crippen molar-refractivity contribution in [2.24, 2.45) is 0 Å². The molecule has 1 N–H and O–H groups in total. The molecule has 0 aromatic carbocycles. The van der Waals surface area contributed by atoms with E-state index in [1.165, 1.54) is 11.3 Å². The largest absolute Gasteiger partial charge is 0.383 e.